The Balaban J connectivity index is 3.75. The zero-order valence-corrected chi connectivity index (χ0v) is 30.8. The maximum Gasteiger partial charge on any atom is 0.348 e. The van der Waals surface area contributed by atoms with E-state index in [2.05, 4.69) is 13.8 Å². The van der Waals surface area contributed by atoms with Crippen molar-refractivity contribution in [3.8, 4) is 0 Å². The molecule has 0 rings (SSSR count). The molecule has 0 heterocycles. The number of methoxy groups -OCH3 is 1. The Hall–Kier alpha value is -1.10. The molecule has 0 aliphatic carbocycles. The molecule has 1 unspecified atom stereocenters. The van der Waals surface area contributed by atoms with E-state index in [1.54, 1.807) is 0 Å². The largest absolute Gasteiger partial charge is 0.463 e. The monoisotopic (exact) mass is 638 g/mol. The van der Waals surface area contributed by atoms with Gasteiger partial charge in [0.25, 0.3) is 5.91 Å². The predicted octanol–water partition coefficient (Wildman–Crippen LogP) is 12.3. The summed E-state index contributed by atoms with van der Waals surface area (Å²) in [4.78, 5) is 25.1. The molecule has 5 heteroatoms. The van der Waals surface area contributed by atoms with E-state index < -0.39 is 17.5 Å². The van der Waals surface area contributed by atoms with Gasteiger partial charge in [0.1, 0.15) is 0 Å². The molecule has 0 bridgehead atoms. The third kappa shape index (κ3) is 26.6. The molecule has 0 spiro atoms. The second-order valence-electron chi connectivity index (χ2n) is 13.9. The fraction of sp³-hybridized carbons (Fsp3) is 0.950. The van der Waals surface area contributed by atoms with Gasteiger partial charge >= 0.3 is 5.97 Å². The number of hydrogen-bond donors (Lipinski definition) is 1. The predicted molar refractivity (Wildman–Crippen MR) is 194 cm³/mol. The number of carbonyl (C=O) groups excluding carboxylic acids is 2. The van der Waals surface area contributed by atoms with Gasteiger partial charge in [-0.05, 0) is 19.3 Å². The van der Waals surface area contributed by atoms with Crippen LogP contribution in [0.2, 0.25) is 0 Å². The van der Waals surface area contributed by atoms with Crippen molar-refractivity contribution in [3.63, 3.8) is 0 Å². The first-order valence-electron chi connectivity index (χ1n) is 20.1. The molecule has 5 nitrogen and oxygen atoms in total. The molecule has 1 amide bonds. The summed E-state index contributed by atoms with van der Waals surface area (Å²) in [6, 6.07) is 0. The zero-order chi connectivity index (χ0) is 33.1. The molecule has 0 aromatic rings. The molecule has 0 aliphatic rings. The van der Waals surface area contributed by atoms with Crippen LogP contribution in [0.5, 0.6) is 0 Å². The molecule has 45 heavy (non-hydrogen) atoms. The number of rotatable bonds is 37. The number of unbranched alkanes of at least 4 members (excludes halogenated alkanes) is 30. The summed E-state index contributed by atoms with van der Waals surface area (Å²) in [5, 5.41) is 0. The van der Waals surface area contributed by atoms with Crippen LogP contribution in [0, 0.1) is 0 Å². The van der Waals surface area contributed by atoms with Gasteiger partial charge in [-0.2, -0.15) is 0 Å². The van der Waals surface area contributed by atoms with Crippen molar-refractivity contribution in [2.45, 2.75) is 231 Å². The van der Waals surface area contributed by atoms with Crippen molar-refractivity contribution in [2.75, 3.05) is 13.7 Å². The van der Waals surface area contributed by atoms with Crippen LogP contribution in [0.15, 0.2) is 0 Å². The minimum atomic E-state index is -1.65. The number of amides is 1. The van der Waals surface area contributed by atoms with Crippen LogP contribution in [-0.4, -0.2) is 31.2 Å². The average Bonchev–Trinajstić information content (AvgIpc) is 3.04. The summed E-state index contributed by atoms with van der Waals surface area (Å²) < 4.78 is 10.9. The topological polar surface area (TPSA) is 78.6 Å². The maximum atomic E-state index is 12.8. The summed E-state index contributed by atoms with van der Waals surface area (Å²) in [5.74, 6) is -1.35. The Morgan fingerprint density at radius 2 is 0.711 bits per heavy atom. The molecule has 0 saturated heterocycles. The molecular weight excluding hydrogens is 558 g/mol. The first-order valence-corrected chi connectivity index (χ1v) is 20.1. The number of nitrogens with two attached hydrogens (primary N) is 1. The van der Waals surface area contributed by atoms with Crippen LogP contribution in [0.4, 0.5) is 0 Å². The Bertz CT molecular complexity index is 640. The lowest BCUT2D eigenvalue weighted by Crippen LogP contribution is -2.53. The molecular formula is C40H79NO4. The molecule has 0 saturated carbocycles. The van der Waals surface area contributed by atoms with Crippen molar-refractivity contribution in [1.29, 1.82) is 0 Å². The number of primary amides is 1. The van der Waals surface area contributed by atoms with Crippen LogP contribution in [0.3, 0.4) is 0 Å². The first-order chi connectivity index (χ1) is 22.0. The average molecular weight is 638 g/mol. The second-order valence-corrected chi connectivity index (χ2v) is 13.9. The minimum absolute atomic E-state index is 0.301. The van der Waals surface area contributed by atoms with Gasteiger partial charge in [-0.3, -0.25) is 4.79 Å². The number of hydrogen-bond acceptors (Lipinski definition) is 4. The highest BCUT2D eigenvalue weighted by molar-refractivity contribution is 6.05. The number of esters is 1. The van der Waals surface area contributed by atoms with E-state index in [-0.39, 0.29) is 0 Å². The Labute approximate surface area is 281 Å². The van der Waals surface area contributed by atoms with Gasteiger partial charge in [-0.25, -0.2) is 4.79 Å². The van der Waals surface area contributed by atoms with E-state index >= 15 is 0 Å². The van der Waals surface area contributed by atoms with Crippen LogP contribution in [0.25, 0.3) is 0 Å². The van der Waals surface area contributed by atoms with Crippen molar-refractivity contribution in [2.24, 2.45) is 5.73 Å². The summed E-state index contributed by atoms with van der Waals surface area (Å²) >= 11 is 0. The summed E-state index contributed by atoms with van der Waals surface area (Å²) in [5.41, 5.74) is 4.00. The van der Waals surface area contributed by atoms with Gasteiger partial charge in [0, 0.05) is 7.11 Å². The van der Waals surface area contributed by atoms with Crippen molar-refractivity contribution >= 4 is 11.9 Å². The highest BCUT2D eigenvalue weighted by atomic mass is 16.6. The van der Waals surface area contributed by atoms with Gasteiger partial charge in [0.15, 0.2) is 0 Å². The maximum absolute atomic E-state index is 12.8. The fourth-order valence-corrected chi connectivity index (χ4v) is 6.47. The third-order valence-electron chi connectivity index (χ3n) is 9.69. The molecule has 0 aliphatic heterocycles. The highest BCUT2D eigenvalue weighted by Gasteiger charge is 2.46. The Morgan fingerprint density at radius 1 is 0.444 bits per heavy atom. The second kappa shape index (κ2) is 34.2. The fourth-order valence-electron chi connectivity index (χ4n) is 6.47. The van der Waals surface area contributed by atoms with Gasteiger partial charge in [-0.15, -0.1) is 0 Å². The van der Waals surface area contributed by atoms with E-state index in [0.29, 0.717) is 13.0 Å². The molecule has 1 atom stereocenters. The summed E-state index contributed by atoms with van der Waals surface area (Å²) in [6.07, 6.45) is 41.6. The molecule has 268 valence electrons. The molecule has 2 N–H and O–H groups in total. The summed E-state index contributed by atoms with van der Waals surface area (Å²) in [7, 11) is 1.40. The quantitative estimate of drug-likeness (QED) is 0.0417. The Morgan fingerprint density at radius 3 is 0.978 bits per heavy atom. The van der Waals surface area contributed by atoms with E-state index in [1.165, 1.54) is 180 Å². The lowest BCUT2D eigenvalue weighted by molar-refractivity contribution is -0.175. The SMILES string of the molecule is CCCCCCCCCCCCCCCCCCOC(=O)C(CCCCCCCCCCCCCCCCCC)(OC)C(N)=O. The smallest absolute Gasteiger partial charge is 0.348 e. The zero-order valence-electron chi connectivity index (χ0n) is 30.8. The lowest BCUT2D eigenvalue weighted by atomic mass is 9.94. The van der Waals surface area contributed by atoms with Gasteiger partial charge in [-0.1, -0.05) is 206 Å². The number of ether oxygens (including phenoxy) is 2. The Kier molecular flexibility index (Phi) is 33.4. The van der Waals surface area contributed by atoms with Crippen LogP contribution in [0.1, 0.15) is 226 Å². The van der Waals surface area contributed by atoms with Crippen LogP contribution in [-0.2, 0) is 19.1 Å². The highest BCUT2D eigenvalue weighted by Crippen LogP contribution is 2.23. The van der Waals surface area contributed by atoms with Crippen LogP contribution < -0.4 is 5.73 Å². The third-order valence-corrected chi connectivity index (χ3v) is 9.69. The van der Waals surface area contributed by atoms with Crippen molar-refractivity contribution in [3.05, 3.63) is 0 Å². The molecule has 0 aromatic heterocycles. The van der Waals surface area contributed by atoms with Gasteiger partial charge in [0.05, 0.1) is 6.61 Å². The standard InChI is InChI=1S/C40H79NO4/c1-4-6-8-10-12-14-16-18-20-22-24-26-28-30-32-34-36-40(44-3,38(41)42)39(43)45-37-35-33-31-29-27-25-23-21-19-17-15-13-11-9-7-5-2/h4-37H2,1-3H3,(H2,41,42). The van der Waals surface area contributed by atoms with Gasteiger partial charge in [0.2, 0.25) is 5.60 Å². The lowest BCUT2D eigenvalue weighted by Gasteiger charge is -2.26. The van der Waals surface area contributed by atoms with E-state index in [9.17, 15) is 9.59 Å². The van der Waals surface area contributed by atoms with E-state index in [1.807, 2.05) is 0 Å². The number of carbonyl (C=O) groups is 2. The molecule has 0 radical (unpaired) electrons. The normalized spacial score (nSPS) is 12.8. The van der Waals surface area contributed by atoms with Crippen molar-refractivity contribution in [1.82, 2.24) is 0 Å². The molecule has 0 aromatic carbocycles. The molecule has 0 fully saturated rings. The van der Waals surface area contributed by atoms with E-state index in [0.717, 1.165) is 32.1 Å². The minimum Gasteiger partial charge on any atom is -0.463 e. The van der Waals surface area contributed by atoms with Gasteiger partial charge < -0.3 is 15.2 Å². The van der Waals surface area contributed by atoms with Crippen LogP contribution >= 0.6 is 0 Å². The van der Waals surface area contributed by atoms with E-state index in [4.69, 9.17) is 15.2 Å². The summed E-state index contributed by atoms with van der Waals surface area (Å²) in [6.45, 7) is 4.88. The first kappa shape index (κ1) is 43.9. The van der Waals surface area contributed by atoms with Crippen molar-refractivity contribution < 1.29 is 19.1 Å².